The fourth-order valence-electron chi connectivity index (χ4n) is 3.85. The van der Waals surface area contributed by atoms with Gasteiger partial charge in [0.25, 0.3) is 6.02 Å². The number of para-hydroxylation sites is 1. The second-order valence-corrected chi connectivity index (χ2v) is 6.98. The van der Waals surface area contributed by atoms with Gasteiger partial charge in [-0.25, -0.2) is 18.8 Å². The highest BCUT2D eigenvalue weighted by atomic mass is 19.4. The van der Waals surface area contributed by atoms with Crippen LogP contribution in [-0.2, 0) is 10.3 Å². The van der Waals surface area contributed by atoms with Crippen LogP contribution in [0.15, 0.2) is 65.7 Å². The Kier molecular flexibility index (Phi) is 4.83. The summed E-state index contributed by atoms with van der Waals surface area (Å²) in [7, 11) is 0. The highest BCUT2D eigenvalue weighted by molar-refractivity contribution is 5.79. The molecule has 4 rings (SSSR count). The number of nitrogens with two attached hydrogens (primary N) is 1. The van der Waals surface area contributed by atoms with E-state index < -0.39 is 47.9 Å². The van der Waals surface area contributed by atoms with Crippen LogP contribution < -0.4 is 5.73 Å². The van der Waals surface area contributed by atoms with Crippen molar-refractivity contribution in [3.63, 3.8) is 0 Å². The third-order valence-electron chi connectivity index (χ3n) is 5.17. The average Bonchev–Trinajstić information content (AvgIpc) is 2.72. The first kappa shape index (κ1) is 20.1. The van der Waals surface area contributed by atoms with Crippen molar-refractivity contribution in [3.8, 4) is 0 Å². The van der Waals surface area contributed by atoms with Crippen LogP contribution in [0.4, 0.5) is 22.0 Å². The van der Waals surface area contributed by atoms with Gasteiger partial charge in [0.15, 0.2) is 0 Å². The summed E-state index contributed by atoms with van der Waals surface area (Å²) in [5.41, 5.74) is 3.14. The Labute approximate surface area is 168 Å². The molecule has 30 heavy (non-hydrogen) atoms. The zero-order valence-electron chi connectivity index (χ0n) is 15.4. The Morgan fingerprint density at radius 2 is 1.70 bits per heavy atom. The number of amidine groups is 1. The molecule has 3 unspecified atom stereocenters. The molecule has 2 heterocycles. The van der Waals surface area contributed by atoms with E-state index in [0.717, 1.165) is 6.07 Å². The number of hydrogen-bond acceptors (Lipinski definition) is 4. The summed E-state index contributed by atoms with van der Waals surface area (Å²) in [5.74, 6) is -2.96. The smallest absolute Gasteiger partial charge is 0.426 e. The molecular formula is C21H16F5N3O. The Morgan fingerprint density at radius 1 is 1.03 bits per heavy atom. The van der Waals surface area contributed by atoms with Gasteiger partial charge in [-0.1, -0.05) is 48.5 Å². The molecule has 2 N–H and O–H groups in total. The molecule has 0 radical (unpaired) electrons. The van der Waals surface area contributed by atoms with Crippen molar-refractivity contribution in [1.29, 1.82) is 0 Å². The van der Waals surface area contributed by atoms with E-state index in [1.54, 1.807) is 24.3 Å². The molecule has 0 saturated heterocycles. The summed E-state index contributed by atoms with van der Waals surface area (Å²) in [4.78, 5) is 8.06. The number of alkyl halides is 4. The summed E-state index contributed by atoms with van der Waals surface area (Å²) < 4.78 is 76.4. The van der Waals surface area contributed by atoms with Gasteiger partial charge in [0.05, 0.1) is 17.1 Å². The molecule has 0 spiro atoms. The first-order chi connectivity index (χ1) is 14.3. The number of pyridine rings is 1. The highest BCUT2D eigenvalue weighted by Crippen LogP contribution is 2.50. The predicted molar refractivity (Wildman–Crippen MR) is 101 cm³/mol. The molecule has 9 heteroatoms. The van der Waals surface area contributed by atoms with Gasteiger partial charge in [-0.15, -0.1) is 0 Å². The summed E-state index contributed by atoms with van der Waals surface area (Å²) >= 11 is 0. The van der Waals surface area contributed by atoms with Crippen molar-refractivity contribution in [2.24, 2.45) is 10.7 Å². The van der Waals surface area contributed by atoms with Crippen LogP contribution in [0.5, 0.6) is 0 Å². The number of hydrogen-bond donors (Lipinski definition) is 1. The third kappa shape index (κ3) is 3.24. The number of nitrogens with zero attached hydrogens (tertiary/aromatic N) is 2. The number of benzene rings is 2. The van der Waals surface area contributed by atoms with Gasteiger partial charge in [0, 0.05) is 5.39 Å². The lowest BCUT2D eigenvalue weighted by Crippen LogP contribution is -2.54. The van der Waals surface area contributed by atoms with E-state index in [1.165, 1.54) is 30.3 Å². The molecule has 0 saturated carbocycles. The Morgan fingerprint density at radius 3 is 2.37 bits per heavy atom. The maximum absolute atomic E-state index is 15.1. The van der Waals surface area contributed by atoms with Gasteiger partial charge in [0.2, 0.25) is 6.10 Å². The van der Waals surface area contributed by atoms with Crippen molar-refractivity contribution in [3.05, 3.63) is 77.7 Å². The SMILES string of the molecule is NC1=NC(CF)(c2ccccc2)C(c2nc3ccccc3cc2F)C(C(F)(F)F)O1. The van der Waals surface area contributed by atoms with Crippen LogP contribution in [0.2, 0.25) is 0 Å². The lowest BCUT2D eigenvalue weighted by atomic mass is 9.73. The zero-order valence-corrected chi connectivity index (χ0v) is 15.4. The summed E-state index contributed by atoms with van der Waals surface area (Å²) in [6.07, 6.45) is -7.63. The molecule has 1 aliphatic heterocycles. The fraction of sp³-hybridized carbons (Fsp3) is 0.238. The van der Waals surface area contributed by atoms with Gasteiger partial charge in [-0.3, -0.25) is 0 Å². The monoisotopic (exact) mass is 421 g/mol. The van der Waals surface area contributed by atoms with Crippen molar-refractivity contribution < 1.29 is 26.7 Å². The molecule has 4 nitrogen and oxygen atoms in total. The number of rotatable bonds is 3. The number of aromatic nitrogens is 1. The third-order valence-corrected chi connectivity index (χ3v) is 5.17. The zero-order chi connectivity index (χ0) is 21.5. The first-order valence-electron chi connectivity index (χ1n) is 9.01. The van der Waals surface area contributed by atoms with Gasteiger partial charge >= 0.3 is 6.18 Å². The molecule has 3 atom stereocenters. The highest BCUT2D eigenvalue weighted by Gasteiger charge is 2.60. The lowest BCUT2D eigenvalue weighted by Gasteiger charge is -2.43. The Hall–Kier alpha value is -3.23. The number of ether oxygens (including phenoxy) is 1. The van der Waals surface area contributed by atoms with Crippen LogP contribution in [0.3, 0.4) is 0 Å². The van der Waals surface area contributed by atoms with E-state index >= 15 is 4.39 Å². The molecule has 3 aromatic rings. The van der Waals surface area contributed by atoms with Crippen LogP contribution in [0.1, 0.15) is 17.2 Å². The normalized spacial score (nSPS) is 24.4. The minimum absolute atomic E-state index is 0.104. The maximum atomic E-state index is 15.1. The van der Waals surface area contributed by atoms with Crippen LogP contribution >= 0.6 is 0 Å². The minimum atomic E-state index is -4.99. The number of fused-ring (bicyclic) bond motifs is 1. The number of aliphatic imine (C=N–C) groups is 1. The quantitative estimate of drug-likeness (QED) is 0.629. The van der Waals surface area contributed by atoms with Gasteiger partial charge < -0.3 is 10.5 Å². The summed E-state index contributed by atoms with van der Waals surface area (Å²) in [6, 6.07) is 14.1. The molecule has 0 bridgehead atoms. The maximum Gasteiger partial charge on any atom is 0.426 e. The van der Waals surface area contributed by atoms with Crippen LogP contribution in [0, 0.1) is 5.82 Å². The fourth-order valence-corrected chi connectivity index (χ4v) is 3.85. The minimum Gasteiger partial charge on any atom is -0.452 e. The molecule has 0 amide bonds. The molecule has 1 aliphatic rings. The topological polar surface area (TPSA) is 60.5 Å². The molecule has 156 valence electrons. The first-order valence-corrected chi connectivity index (χ1v) is 9.01. The summed E-state index contributed by atoms with van der Waals surface area (Å²) in [6.45, 7) is -1.37. The van der Waals surface area contributed by atoms with Crippen molar-refractivity contribution in [2.75, 3.05) is 6.67 Å². The number of halogens is 5. The van der Waals surface area contributed by atoms with E-state index in [0.29, 0.717) is 5.39 Å². The van der Waals surface area contributed by atoms with E-state index in [1.807, 2.05) is 0 Å². The lowest BCUT2D eigenvalue weighted by molar-refractivity contribution is -0.216. The molecule has 1 aromatic heterocycles. The molecule has 2 aromatic carbocycles. The van der Waals surface area contributed by atoms with Crippen molar-refractivity contribution in [2.45, 2.75) is 23.7 Å². The Bertz CT molecular complexity index is 1100. The largest absolute Gasteiger partial charge is 0.452 e. The van der Waals surface area contributed by atoms with E-state index in [9.17, 15) is 17.6 Å². The van der Waals surface area contributed by atoms with Gasteiger partial charge in [-0.05, 0) is 17.7 Å². The molecular weight excluding hydrogens is 405 g/mol. The van der Waals surface area contributed by atoms with Crippen molar-refractivity contribution in [1.82, 2.24) is 4.98 Å². The Balaban J connectivity index is 2.04. The van der Waals surface area contributed by atoms with Crippen molar-refractivity contribution >= 4 is 16.9 Å². The predicted octanol–water partition coefficient (Wildman–Crippen LogP) is 4.60. The average molecular weight is 421 g/mol. The van der Waals surface area contributed by atoms with E-state index in [-0.39, 0.29) is 11.1 Å². The standard InChI is InChI=1S/C21H16F5N3O/c22-11-20(13-7-2-1-3-8-13)16(18(21(24,25)26)30-19(27)29-20)17-14(23)10-12-6-4-5-9-15(12)28-17/h1-10,16,18H,11H2,(H2,27,29). The van der Waals surface area contributed by atoms with Crippen LogP contribution in [-0.4, -0.2) is 30.0 Å². The van der Waals surface area contributed by atoms with Crippen LogP contribution in [0.25, 0.3) is 10.9 Å². The van der Waals surface area contributed by atoms with E-state index in [4.69, 9.17) is 10.5 Å². The summed E-state index contributed by atoms with van der Waals surface area (Å²) in [5, 5.41) is 0.396. The molecule has 0 aliphatic carbocycles. The second kappa shape index (κ2) is 7.23. The molecule has 0 fully saturated rings. The van der Waals surface area contributed by atoms with Gasteiger partial charge in [0.1, 0.15) is 18.0 Å². The van der Waals surface area contributed by atoms with E-state index in [2.05, 4.69) is 9.98 Å². The van der Waals surface area contributed by atoms with Gasteiger partial charge in [-0.2, -0.15) is 13.2 Å². The second-order valence-electron chi connectivity index (χ2n) is 6.98.